The molecule has 0 radical (unpaired) electrons. The molecule has 0 amide bonds. The van der Waals surface area contributed by atoms with Crippen molar-refractivity contribution < 1.29 is 22.7 Å². The molecule has 1 aliphatic carbocycles. The normalized spacial score (nSPS) is 14.8. The minimum Gasteiger partial charge on any atom is -0.479 e. The molecule has 0 bridgehead atoms. The molecule has 1 fully saturated rings. The third-order valence-electron chi connectivity index (χ3n) is 5.45. The number of carbonyl (C=O) groups is 1. The van der Waals surface area contributed by atoms with Crippen LogP contribution in [0.5, 0.6) is 5.88 Å². The fourth-order valence-corrected chi connectivity index (χ4v) is 3.76. The molecular formula is C21H17ClF3N5O2. The lowest BCUT2D eigenvalue weighted by Gasteiger charge is -2.10. The minimum absolute atomic E-state index is 0.0791. The summed E-state index contributed by atoms with van der Waals surface area (Å²) in [6, 6.07) is 6.93. The summed E-state index contributed by atoms with van der Waals surface area (Å²) in [5, 5.41) is 17.3. The second-order valence-corrected chi connectivity index (χ2v) is 8.10. The van der Waals surface area contributed by atoms with Crippen molar-refractivity contribution in [3.63, 3.8) is 0 Å². The largest absolute Gasteiger partial charge is 0.479 e. The maximum absolute atomic E-state index is 13.6. The highest BCUT2D eigenvalue weighted by Gasteiger charge is 2.45. The Balaban J connectivity index is 1.71. The summed E-state index contributed by atoms with van der Waals surface area (Å²) in [7, 11) is 2.47. The molecule has 1 aliphatic rings. The van der Waals surface area contributed by atoms with E-state index < -0.39 is 23.0 Å². The van der Waals surface area contributed by atoms with Crippen LogP contribution in [0.1, 0.15) is 35.2 Å². The SMILES string of the molecule is COc1nn(C)c(-n2cc(-c3ccc(Cl)c(C(=O)CC4(C#N)CC4)c3)cn2)c1C(F)(F)F. The van der Waals surface area contributed by atoms with Crippen LogP contribution < -0.4 is 4.74 Å². The molecule has 1 aromatic carbocycles. The van der Waals surface area contributed by atoms with E-state index in [-0.39, 0.29) is 28.6 Å². The summed E-state index contributed by atoms with van der Waals surface area (Å²) < 4.78 is 47.8. The molecule has 4 rings (SSSR count). The van der Waals surface area contributed by atoms with Crippen LogP contribution in [0.2, 0.25) is 5.02 Å². The van der Waals surface area contributed by atoms with Crippen molar-refractivity contribution in [1.29, 1.82) is 5.26 Å². The quantitative estimate of drug-likeness (QED) is 0.489. The van der Waals surface area contributed by atoms with Gasteiger partial charge in [-0.1, -0.05) is 17.7 Å². The molecule has 1 saturated carbocycles. The van der Waals surface area contributed by atoms with Gasteiger partial charge in [-0.05, 0) is 30.5 Å². The Labute approximate surface area is 186 Å². The lowest BCUT2D eigenvalue weighted by molar-refractivity contribution is -0.138. The van der Waals surface area contributed by atoms with Crippen molar-refractivity contribution >= 4 is 17.4 Å². The van der Waals surface area contributed by atoms with Crippen molar-refractivity contribution in [3.05, 3.63) is 46.7 Å². The summed E-state index contributed by atoms with van der Waals surface area (Å²) >= 11 is 6.21. The Bertz CT molecular complexity index is 1250. The molecule has 0 N–H and O–H groups in total. The monoisotopic (exact) mass is 463 g/mol. The van der Waals surface area contributed by atoms with Gasteiger partial charge in [0, 0.05) is 30.8 Å². The van der Waals surface area contributed by atoms with Crippen molar-refractivity contribution in [1.82, 2.24) is 19.6 Å². The van der Waals surface area contributed by atoms with Crippen molar-refractivity contribution in [2.45, 2.75) is 25.4 Å². The first-order chi connectivity index (χ1) is 15.1. The number of hydrogen-bond acceptors (Lipinski definition) is 5. The molecule has 3 aromatic rings. The van der Waals surface area contributed by atoms with Crippen LogP contribution in [0.15, 0.2) is 30.6 Å². The van der Waals surface area contributed by atoms with Crippen LogP contribution in [0, 0.1) is 16.7 Å². The Morgan fingerprint density at radius 1 is 1.34 bits per heavy atom. The first-order valence-corrected chi connectivity index (χ1v) is 9.94. The number of ether oxygens (including phenoxy) is 1. The number of methoxy groups -OCH3 is 1. The Kier molecular flexibility index (Phi) is 5.25. The molecule has 2 aromatic heterocycles. The van der Waals surface area contributed by atoms with Crippen LogP contribution in [0.4, 0.5) is 13.2 Å². The Morgan fingerprint density at radius 3 is 2.66 bits per heavy atom. The molecule has 166 valence electrons. The number of nitrogens with zero attached hydrogens (tertiary/aromatic N) is 5. The topological polar surface area (TPSA) is 85.7 Å². The van der Waals surface area contributed by atoms with Gasteiger partial charge in [-0.3, -0.25) is 4.79 Å². The third kappa shape index (κ3) is 3.84. The number of nitriles is 1. The average molecular weight is 464 g/mol. The molecule has 0 spiro atoms. The second kappa shape index (κ2) is 7.67. The summed E-state index contributed by atoms with van der Waals surface area (Å²) in [5.74, 6) is -1.12. The standard InChI is InChI=1S/C21H17ClF3N5O2/c1-29-19(17(21(23,24)25)18(28-29)32-2)30-10-13(9-27-30)12-3-4-15(22)14(7-12)16(31)8-20(11-26)5-6-20/h3-4,7,9-10H,5-6,8H2,1-2H3. The number of Topliss-reactive ketones (excluding diaryl/α,β-unsaturated/α-hetero) is 1. The van der Waals surface area contributed by atoms with Crippen LogP contribution in [0.3, 0.4) is 0 Å². The lowest BCUT2D eigenvalue weighted by Crippen LogP contribution is -2.13. The number of aromatic nitrogens is 4. The molecular weight excluding hydrogens is 447 g/mol. The van der Waals surface area contributed by atoms with Gasteiger partial charge in [0.2, 0.25) is 5.88 Å². The zero-order chi connectivity index (χ0) is 23.3. The van der Waals surface area contributed by atoms with E-state index in [9.17, 15) is 23.2 Å². The van der Waals surface area contributed by atoms with Gasteiger partial charge in [-0.2, -0.15) is 23.5 Å². The zero-order valence-corrected chi connectivity index (χ0v) is 17.8. The van der Waals surface area contributed by atoms with E-state index in [4.69, 9.17) is 16.3 Å². The van der Waals surface area contributed by atoms with Gasteiger partial charge in [0.15, 0.2) is 17.2 Å². The van der Waals surface area contributed by atoms with Crippen molar-refractivity contribution in [2.75, 3.05) is 7.11 Å². The van der Waals surface area contributed by atoms with Gasteiger partial charge < -0.3 is 4.74 Å². The smallest absolute Gasteiger partial charge is 0.425 e. The van der Waals surface area contributed by atoms with E-state index in [1.807, 2.05) is 0 Å². The number of aryl methyl sites for hydroxylation is 1. The molecule has 0 atom stereocenters. The molecule has 2 heterocycles. The van der Waals surface area contributed by atoms with Crippen LogP contribution in [-0.4, -0.2) is 32.5 Å². The van der Waals surface area contributed by atoms with E-state index in [0.717, 1.165) is 16.5 Å². The van der Waals surface area contributed by atoms with Gasteiger partial charge in [0.05, 0.1) is 29.8 Å². The van der Waals surface area contributed by atoms with Crippen molar-refractivity contribution in [3.8, 4) is 28.9 Å². The molecule has 0 unspecified atom stereocenters. The highest BCUT2D eigenvalue weighted by molar-refractivity contribution is 6.34. The fourth-order valence-electron chi connectivity index (χ4n) is 3.53. The van der Waals surface area contributed by atoms with Gasteiger partial charge >= 0.3 is 6.18 Å². The highest BCUT2D eigenvalue weighted by atomic mass is 35.5. The average Bonchev–Trinajstić information content (AvgIpc) is 3.18. The van der Waals surface area contributed by atoms with Gasteiger partial charge in [0.1, 0.15) is 0 Å². The Hall–Kier alpha value is -3.32. The first-order valence-electron chi connectivity index (χ1n) is 9.56. The Morgan fingerprint density at radius 2 is 2.06 bits per heavy atom. The maximum Gasteiger partial charge on any atom is 0.425 e. The van der Waals surface area contributed by atoms with E-state index in [1.54, 1.807) is 18.2 Å². The molecule has 7 nitrogen and oxygen atoms in total. The number of alkyl halides is 3. The number of rotatable bonds is 6. The third-order valence-corrected chi connectivity index (χ3v) is 5.78. The number of carbonyl (C=O) groups excluding carboxylic acids is 1. The number of ketones is 1. The van der Waals surface area contributed by atoms with Crippen LogP contribution in [0.25, 0.3) is 16.9 Å². The number of benzene rings is 1. The van der Waals surface area contributed by atoms with Crippen molar-refractivity contribution in [2.24, 2.45) is 12.5 Å². The number of hydrogen-bond donors (Lipinski definition) is 0. The van der Waals surface area contributed by atoms with E-state index in [0.29, 0.717) is 24.0 Å². The van der Waals surface area contributed by atoms with Crippen LogP contribution >= 0.6 is 11.6 Å². The fraction of sp³-hybridized carbons (Fsp3) is 0.333. The van der Waals surface area contributed by atoms with E-state index in [1.165, 1.54) is 19.4 Å². The summed E-state index contributed by atoms with van der Waals surface area (Å²) in [6.07, 6.45) is -0.490. The molecule has 0 aliphatic heterocycles. The zero-order valence-electron chi connectivity index (χ0n) is 17.1. The molecule has 11 heteroatoms. The highest BCUT2D eigenvalue weighted by Crippen LogP contribution is 2.49. The summed E-state index contributed by atoms with van der Waals surface area (Å²) in [5.41, 5.74) is -0.376. The van der Waals surface area contributed by atoms with Gasteiger partial charge in [-0.25, -0.2) is 9.36 Å². The molecule has 32 heavy (non-hydrogen) atoms. The first kappa shape index (κ1) is 21.9. The van der Waals surface area contributed by atoms with Crippen LogP contribution in [-0.2, 0) is 13.2 Å². The van der Waals surface area contributed by atoms with Gasteiger partial charge in [-0.15, -0.1) is 5.10 Å². The van der Waals surface area contributed by atoms with E-state index in [2.05, 4.69) is 16.3 Å². The van der Waals surface area contributed by atoms with E-state index >= 15 is 0 Å². The molecule has 0 saturated heterocycles. The number of halogens is 4. The minimum atomic E-state index is -4.71. The predicted molar refractivity (Wildman–Crippen MR) is 109 cm³/mol. The summed E-state index contributed by atoms with van der Waals surface area (Å²) in [6.45, 7) is 0. The lowest BCUT2D eigenvalue weighted by atomic mass is 9.95. The predicted octanol–water partition coefficient (Wildman–Crippen LogP) is 4.83. The van der Waals surface area contributed by atoms with Gasteiger partial charge in [0.25, 0.3) is 0 Å². The maximum atomic E-state index is 13.6. The second-order valence-electron chi connectivity index (χ2n) is 7.69. The summed E-state index contributed by atoms with van der Waals surface area (Å²) in [4.78, 5) is 12.7.